The Morgan fingerprint density at radius 2 is 2.19 bits per heavy atom. The summed E-state index contributed by atoms with van der Waals surface area (Å²) in [5.41, 5.74) is 1.65. The van der Waals surface area contributed by atoms with Crippen LogP contribution in [0, 0.1) is 13.8 Å². The number of anilines is 2. The molecule has 1 aliphatic heterocycles. The van der Waals surface area contributed by atoms with Crippen LogP contribution >= 0.6 is 0 Å². The van der Waals surface area contributed by atoms with Crippen LogP contribution in [0.3, 0.4) is 0 Å². The summed E-state index contributed by atoms with van der Waals surface area (Å²) in [5, 5.41) is 7.05. The number of nitrogens with one attached hydrogen (secondary N) is 1. The van der Waals surface area contributed by atoms with E-state index < -0.39 is 0 Å². The molecule has 140 valence electrons. The highest BCUT2D eigenvalue weighted by Crippen LogP contribution is 2.21. The van der Waals surface area contributed by atoms with Gasteiger partial charge in [0.15, 0.2) is 0 Å². The number of carbonyl (C=O) groups excluding carboxylic acids is 1. The lowest BCUT2D eigenvalue weighted by Crippen LogP contribution is -2.48. The summed E-state index contributed by atoms with van der Waals surface area (Å²) in [6.07, 6.45) is 3.87. The molecule has 1 saturated heterocycles. The predicted octanol–water partition coefficient (Wildman–Crippen LogP) is 1.48. The van der Waals surface area contributed by atoms with E-state index in [-0.39, 0.29) is 11.9 Å². The molecule has 8 heteroatoms. The summed E-state index contributed by atoms with van der Waals surface area (Å²) in [6, 6.07) is 2.09. The van der Waals surface area contributed by atoms with Gasteiger partial charge in [-0.15, -0.1) is 0 Å². The lowest BCUT2D eigenvalue weighted by molar-refractivity contribution is -0.121. The number of amides is 1. The highest BCUT2D eigenvalue weighted by molar-refractivity contribution is 5.79. The van der Waals surface area contributed by atoms with Gasteiger partial charge in [-0.2, -0.15) is 0 Å². The zero-order chi connectivity index (χ0) is 18.7. The van der Waals surface area contributed by atoms with Gasteiger partial charge in [-0.05, 0) is 26.7 Å². The van der Waals surface area contributed by atoms with Crippen LogP contribution in [-0.2, 0) is 11.2 Å². The molecule has 3 heterocycles. The molecule has 0 spiro atoms. The second kappa shape index (κ2) is 7.72. The van der Waals surface area contributed by atoms with Gasteiger partial charge in [-0.25, -0.2) is 9.97 Å². The molecule has 3 rings (SSSR count). The van der Waals surface area contributed by atoms with E-state index >= 15 is 0 Å². The van der Waals surface area contributed by atoms with Crippen molar-refractivity contribution < 1.29 is 9.32 Å². The molecule has 1 aliphatic rings. The number of rotatable bonds is 5. The first-order valence-electron chi connectivity index (χ1n) is 8.89. The Morgan fingerprint density at radius 1 is 1.38 bits per heavy atom. The number of hydrogen-bond donors (Lipinski definition) is 1. The van der Waals surface area contributed by atoms with Gasteiger partial charge in [0.05, 0.1) is 12.1 Å². The lowest BCUT2D eigenvalue weighted by Gasteiger charge is -2.34. The van der Waals surface area contributed by atoms with Crippen LogP contribution < -0.4 is 15.1 Å². The second-order valence-electron chi connectivity index (χ2n) is 6.96. The van der Waals surface area contributed by atoms with Crippen LogP contribution in [0.5, 0.6) is 0 Å². The molecule has 0 saturated carbocycles. The molecule has 1 atom stereocenters. The van der Waals surface area contributed by atoms with Gasteiger partial charge in [-0.3, -0.25) is 4.79 Å². The van der Waals surface area contributed by atoms with Gasteiger partial charge >= 0.3 is 0 Å². The third-order valence-corrected chi connectivity index (χ3v) is 4.73. The zero-order valence-electron chi connectivity index (χ0n) is 15.8. The quantitative estimate of drug-likeness (QED) is 0.866. The summed E-state index contributed by atoms with van der Waals surface area (Å²) < 4.78 is 5.14. The number of carbonyl (C=O) groups is 1. The van der Waals surface area contributed by atoms with Gasteiger partial charge in [-0.1, -0.05) is 5.16 Å². The van der Waals surface area contributed by atoms with Crippen molar-refractivity contribution in [1.82, 2.24) is 20.4 Å². The van der Waals surface area contributed by atoms with E-state index in [0.717, 1.165) is 48.8 Å². The third kappa shape index (κ3) is 4.12. The Kier molecular flexibility index (Phi) is 5.39. The van der Waals surface area contributed by atoms with Crippen LogP contribution in [0.25, 0.3) is 0 Å². The molecule has 26 heavy (non-hydrogen) atoms. The number of hydrogen-bond acceptors (Lipinski definition) is 7. The molecular formula is C18H26N6O2. The molecule has 0 radical (unpaired) electrons. The maximum atomic E-state index is 12.4. The average Bonchev–Trinajstić information content (AvgIpc) is 2.94. The average molecular weight is 358 g/mol. The molecule has 1 amide bonds. The highest BCUT2D eigenvalue weighted by Gasteiger charge is 2.23. The van der Waals surface area contributed by atoms with Gasteiger partial charge < -0.3 is 19.6 Å². The Bertz CT molecular complexity index is 753. The monoisotopic (exact) mass is 358 g/mol. The molecule has 8 nitrogen and oxygen atoms in total. The van der Waals surface area contributed by atoms with E-state index in [2.05, 4.69) is 25.3 Å². The SMILES string of the molecule is Cc1noc(C)c1CC(=O)NC1CCCN(c2cc(N(C)C)ncn2)C1. The zero-order valence-corrected chi connectivity index (χ0v) is 15.8. The van der Waals surface area contributed by atoms with E-state index in [1.54, 1.807) is 6.33 Å². The van der Waals surface area contributed by atoms with E-state index in [9.17, 15) is 4.79 Å². The van der Waals surface area contributed by atoms with Crippen LogP contribution in [0.15, 0.2) is 16.9 Å². The largest absolute Gasteiger partial charge is 0.363 e. The van der Waals surface area contributed by atoms with Crippen molar-refractivity contribution >= 4 is 17.5 Å². The Labute approximate surface area is 153 Å². The first-order valence-corrected chi connectivity index (χ1v) is 8.89. The topological polar surface area (TPSA) is 87.4 Å². The van der Waals surface area contributed by atoms with Crippen molar-refractivity contribution in [1.29, 1.82) is 0 Å². The molecule has 1 N–H and O–H groups in total. The normalized spacial score (nSPS) is 17.2. The lowest BCUT2D eigenvalue weighted by atomic mass is 10.0. The fourth-order valence-electron chi connectivity index (χ4n) is 3.25. The van der Waals surface area contributed by atoms with Gasteiger partial charge in [0.1, 0.15) is 23.7 Å². The van der Waals surface area contributed by atoms with Crippen molar-refractivity contribution in [3.05, 3.63) is 29.4 Å². The fraction of sp³-hybridized carbons (Fsp3) is 0.556. The first-order chi connectivity index (χ1) is 12.4. The van der Waals surface area contributed by atoms with Gasteiger partial charge in [0.2, 0.25) is 5.91 Å². The van der Waals surface area contributed by atoms with Crippen LogP contribution in [0.1, 0.15) is 29.9 Å². The highest BCUT2D eigenvalue weighted by atomic mass is 16.5. The molecular weight excluding hydrogens is 332 g/mol. The van der Waals surface area contributed by atoms with Gasteiger partial charge in [0, 0.05) is 44.9 Å². The predicted molar refractivity (Wildman–Crippen MR) is 99.4 cm³/mol. The minimum atomic E-state index is 0.00270. The third-order valence-electron chi connectivity index (χ3n) is 4.73. The fourth-order valence-corrected chi connectivity index (χ4v) is 3.25. The van der Waals surface area contributed by atoms with Crippen LogP contribution in [0.2, 0.25) is 0 Å². The van der Waals surface area contributed by atoms with E-state index in [0.29, 0.717) is 12.2 Å². The Hall–Kier alpha value is -2.64. The first kappa shape index (κ1) is 18.2. The maximum Gasteiger partial charge on any atom is 0.224 e. The van der Waals surface area contributed by atoms with Crippen molar-refractivity contribution in [3.63, 3.8) is 0 Å². The maximum absolute atomic E-state index is 12.4. The molecule has 1 unspecified atom stereocenters. The van der Waals surface area contributed by atoms with E-state index in [1.807, 2.05) is 38.9 Å². The number of aromatic nitrogens is 3. The molecule has 2 aromatic heterocycles. The number of nitrogens with zero attached hydrogens (tertiary/aromatic N) is 5. The number of piperidine rings is 1. The minimum Gasteiger partial charge on any atom is -0.363 e. The summed E-state index contributed by atoms with van der Waals surface area (Å²) >= 11 is 0. The van der Waals surface area contributed by atoms with E-state index in [1.165, 1.54) is 0 Å². The molecule has 0 aliphatic carbocycles. The Morgan fingerprint density at radius 3 is 2.88 bits per heavy atom. The summed E-state index contributed by atoms with van der Waals surface area (Å²) in [7, 11) is 3.92. The van der Waals surface area contributed by atoms with Crippen molar-refractivity contribution in [2.45, 2.75) is 39.2 Å². The second-order valence-corrected chi connectivity index (χ2v) is 6.96. The Balaban J connectivity index is 1.61. The van der Waals surface area contributed by atoms with Crippen molar-refractivity contribution in [2.75, 3.05) is 37.0 Å². The molecule has 2 aromatic rings. The van der Waals surface area contributed by atoms with Crippen molar-refractivity contribution in [2.24, 2.45) is 0 Å². The molecule has 0 bridgehead atoms. The summed E-state index contributed by atoms with van der Waals surface area (Å²) in [5.74, 6) is 2.48. The molecule has 1 fully saturated rings. The molecule has 0 aromatic carbocycles. The smallest absolute Gasteiger partial charge is 0.224 e. The van der Waals surface area contributed by atoms with Crippen molar-refractivity contribution in [3.8, 4) is 0 Å². The van der Waals surface area contributed by atoms with Crippen LogP contribution in [0.4, 0.5) is 11.6 Å². The number of aryl methyl sites for hydroxylation is 2. The minimum absolute atomic E-state index is 0.00270. The summed E-state index contributed by atoms with van der Waals surface area (Å²) in [6.45, 7) is 5.37. The summed E-state index contributed by atoms with van der Waals surface area (Å²) in [4.78, 5) is 25.3. The van der Waals surface area contributed by atoms with Crippen LogP contribution in [-0.4, -0.2) is 54.3 Å². The standard InChI is InChI=1S/C18H26N6O2/c1-12-15(13(2)26-22-12)8-18(25)21-14-6-5-7-24(10-14)17-9-16(23(3)4)19-11-20-17/h9,11,14H,5-8,10H2,1-4H3,(H,21,25). The van der Waals surface area contributed by atoms with E-state index in [4.69, 9.17) is 4.52 Å². The van der Waals surface area contributed by atoms with Gasteiger partial charge in [0.25, 0.3) is 0 Å².